The topological polar surface area (TPSA) is 108 Å². The molecule has 10 heteroatoms. The Kier molecular flexibility index (Phi) is 5.59. The molecule has 0 unspecified atom stereocenters. The summed E-state index contributed by atoms with van der Waals surface area (Å²) in [7, 11) is 0. The minimum atomic E-state index is -0.502. The molecule has 0 radical (unpaired) electrons. The van der Waals surface area contributed by atoms with Crippen molar-refractivity contribution in [3.63, 3.8) is 0 Å². The van der Waals surface area contributed by atoms with Gasteiger partial charge >= 0.3 is 6.09 Å². The maximum Gasteiger partial charge on any atom is 0.407 e. The molecule has 4 rings (SSSR count). The van der Waals surface area contributed by atoms with Crippen LogP contribution in [0.1, 0.15) is 46.1 Å². The molecule has 1 saturated carbocycles. The third kappa shape index (κ3) is 4.37. The van der Waals surface area contributed by atoms with Gasteiger partial charge in [-0.15, -0.1) is 11.3 Å². The lowest BCUT2D eigenvalue weighted by atomic mass is 10.1. The van der Waals surface area contributed by atoms with Crippen molar-refractivity contribution in [3.05, 3.63) is 23.1 Å². The molecular weight excluding hydrogens is 424 g/mol. The summed E-state index contributed by atoms with van der Waals surface area (Å²) < 4.78 is 7.47. The van der Waals surface area contributed by atoms with Gasteiger partial charge in [-0.2, -0.15) is 4.98 Å². The lowest BCUT2D eigenvalue weighted by Gasteiger charge is -2.20. The Morgan fingerprint density at radius 3 is 2.90 bits per heavy atom. The molecule has 3 aromatic heterocycles. The predicted molar refractivity (Wildman–Crippen MR) is 119 cm³/mol. The zero-order valence-electron chi connectivity index (χ0n) is 17.2. The fourth-order valence-electron chi connectivity index (χ4n) is 3.97. The number of carbonyl (C=O) groups excluding carboxylic acids is 1. The zero-order chi connectivity index (χ0) is 21.5. The standard InChI is InChI=1S/C20H25ClN6O2S/c1-20(2,3)29-19(28)24-9-11-4-5-12(8-11)27-10-13(17-23-6-7-30-17)14-15(22)25-18(21)26-16(14)27/h6-7,10-12H,4-5,8-9H2,1-3H3,(H,24,28)(H2,22,25,26)/t11-,12+/m1/s1. The van der Waals surface area contributed by atoms with Gasteiger partial charge in [0.1, 0.15) is 22.1 Å². The van der Waals surface area contributed by atoms with Gasteiger partial charge < -0.3 is 20.4 Å². The molecule has 3 aromatic rings. The molecule has 30 heavy (non-hydrogen) atoms. The number of anilines is 1. The molecule has 0 aliphatic heterocycles. The number of nitrogens with one attached hydrogen (secondary N) is 1. The Morgan fingerprint density at radius 1 is 1.40 bits per heavy atom. The van der Waals surface area contributed by atoms with Crippen molar-refractivity contribution in [2.45, 2.75) is 51.7 Å². The number of nitrogens with zero attached hydrogens (tertiary/aromatic N) is 4. The largest absolute Gasteiger partial charge is 0.444 e. The third-order valence-electron chi connectivity index (χ3n) is 5.18. The van der Waals surface area contributed by atoms with Crippen LogP contribution in [0.4, 0.5) is 10.6 Å². The number of hydrogen-bond acceptors (Lipinski definition) is 7. The molecule has 0 saturated heterocycles. The summed E-state index contributed by atoms with van der Waals surface area (Å²) in [6, 6.07) is 0.233. The molecule has 0 aromatic carbocycles. The summed E-state index contributed by atoms with van der Waals surface area (Å²) in [6.45, 7) is 6.15. The first-order valence-electron chi connectivity index (χ1n) is 9.91. The van der Waals surface area contributed by atoms with E-state index >= 15 is 0 Å². The van der Waals surface area contributed by atoms with Crippen LogP contribution in [0.2, 0.25) is 5.28 Å². The number of aromatic nitrogens is 4. The first-order chi connectivity index (χ1) is 14.2. The molecule has 8 nitrogen and oxygen atoms in total. The molecule has 2 atom stereocenters. The van der Waals surface area contributed by atoms with Crippen LogP contribution < -0.4 is 11.1 Å². The number of halogens is 1. The van der Waals surface area contributed by atoms with Crippen molar-refractivity contribution < 1.29 is 9.53 Å². The Hall–Kier alpha value is -2.39. The number of alkyl carbamates (subject to hydrolysis) is 1. The number of rotatable bonds is 4. The number of hydrogen-bond donors (Lipinski definition) is 2. The fourth-order valence-corrected chi connectivity index (χ4v) is 4.80. The highest BCUT2D eigenvalue weighted by atomic mass is 35.5. The summed E-state index contributed by atoms with van der Waals surface area (Å²) in [4.78, 5) is 25.0. The fraction of sp³-hybridized carbons (Fsp3) is 0.500. The van der Waals surface area contributed by atoms with Gasteiger partial charge in [-0.1, -0.05) is 0 Å². The Balaban J connectivity index is 1.55. The van der Waals surface area contributed by atoms with Gasteiger partial charge in [-0.05, 0) is 57.6 Å². The first kappa shape index (κ1) is 20.9. The van der Waals surface area contributed by atoms with Crippen LogP contribution >= 0.6 is 22.9 Å². The number of nitrogens with two attached hydrogens (primary N) is 1. The molecule has 0 spiro atoms. The number of thiazole rings is 1. The maximum atomic E-state index is 12.0. The van der Waals surface area contributed by atoms with Crippen molar-refractivity contribution in [2.24, 2.45) is 5.92 Å². The molecule has 1 amide bonds. The molecule has 3 N–H and O–H groups in total. The van der Waals surface area contributed by atoms with E-state index in [4.69, 9.17) is 22.1 Å². The van der Waals surface area contributed by atoms with Gasteiger partial charge in [0, 0.05) is 35.9 Å². The van der Waals surface area contributed by atoms with Crippen LogP contribution in [-0.2, 0) is 4.74 Å². The van der Waals surface area contributed by atoms with E-state index in [0.29, 0.717) is 18.3 Å². The number of fused-ring (bicyclic) bond motifs is 1. The summed E-state index contributed by atoms with van der Waals surface area (Å²) in [5, 5.41) is 6.61. The highest BCUT2D eigenvalue weighted by Gasteiger charge is 2.30. The average molecular weight is 449 g/mol. The van der Waals surface area contributed by atoms with Gasteiger partial charge in [0.25, 0.3) is 0 Å². The molecular formula is C20H25ClN6O2S. The van der Waals surface area contributed by atoms with E-state index in [9.17, 15) is 4.79 Å². The van der Waals surface area contributed by atoms with Gasteiger partial charge in [0.05, 0.1) is 5.39 Å². The lowest BCUT2D eigenvalue weighted by molar-refractivity contribution is 0.0519. The minimum absolute atomic E-state index is 0.131. The highest BCUT2D eigenvalue weighted by molar-refractivity contribution is 7.13. The van der Waals surface area contributed by atoms with Gasteiger partial charge in [-0.25, -0.2) is 14.8 Å². The smallest absolute Gasteiger partial charge is 0.407 e. The first-order valence-corrected chi connectivity index (χ1v) is 11.2. The van der Waals surface area contributed by atoms with Crippen LogP contribution in [0.15, 0.2) is 17.8 Å². The normalized spacial score (nSPS) is 19.3. The summed E-state index contributed by atoms with van der Waals surface area (Å²) in [6.07, 6.45) is 6.34. The van der Waals surface area contributed by atoms with E-state index in [2.05, 4.69) is 31.0 Å². The number of carbonyl (C=O) groups is 1. The zero-order valence-corrected chi connectivity index (χ0v) is 18.8. The van der Waals surface area contributed by atoms with E-state index in [0.717, 1.165) is 40.9 Å². The van der Waals surface area contributed by atoms with Gasteiger partial charge in [0.2, 0.25) is 5.28 Å². The van der Waals surface area contributed by atoms with E-state index in [1.807, 2.05) is 26.2 Å². The Labute approximate surface area is 183 Å². The number of amides is 1. The second kappa shape index (κ2) is 8.03. The quantitative estimate of drug-likeness (QED) is 0.562. The van der Waals surface area contributed by atoms with E-state index in [1.54, 1.807) is 17.5 Å². The van der Waals surface area contributed by atoms with Crippen LogP contribution in [0, 0.1) is 5.92 Å². The SMILES string of the molecule is CC(C)(C)OC(=O)NC[C@@H]1CC[C@H](n2cc(-c3nccs3)c3c(N)nc(Cl)nc32)C1. The monoisotopic (exact) mass is 448 g/mol. The average Bonchev–Trinajstić information content (AvgIpc) is 3.37. The number of nitrogen functional groups attached to an aromatic ring is 1. The molecule has 3 heterocycles. The summed E-state index contributed by atoms with van der Waals surface area (Å²) >= 11 is 7.66. The summed E-state index contributed by atoms with van der Waals surface area (Å²) in [5.41, 5.74) is 7.34. The summed E-state index contributed by atoms with van der Waals surface area (Å²) in [5.74, 6) is 0.716. The minimum Gasteiger partial charge on any atom is -0.444 e. The van der Waals surface area contributed by atoms with Crippen LogP contribution in [0.5, 0.6) is 0 Å². The second-order valence-corrected chi connectivity index (χ2v) is 9.81. The van der Waals surface area contributed by atoms with Crippen LogP contribution in [0.3, 0.4) is 0 Å². The Morgan fingerprint density at radius 2 is 2.20 bits per heavy atom. The van der Waals surface area contributed by atoms with Crippen molar-refractivity contribution in [3.8, 4) is 10.6 Å². The molecule has 160 valence electrons. The predicted octanol–water partition coefficient (Wildman–Crippen LogP) is 4.66. The Bertz CT molecular complexity index is 1060. The van der Waals surface area contributed by atoms with E-state index in [1.165, 1.54) is 0 Å². The van der Waals surface area contributed by atoms with E-state index in [-0.39, 0.29) is 17.4 Å². The van der Waals surface area contributed by atoms with Crippen molar-refractivity contribution in [2.75, 3.05) is 12.3 Å². The molecule has 1 fully saturated rings. The van der Waals surface area contributed by atoms with Gasteiger partial charge in [0.15, 0.2) is 0 Å². The van der Waals surface area contributed by atoms with Crippen LogP contribution in [-0.4, -0.2) is 37.8 Å². The molecule has 0 bridgehead atoms. The van der Waals surface area contributed by atoms with Crippen molar-refractivity contribution >= 4 is 45.9 Å². The lowest BCUT2D eigenvalue weighted by Crippen LogP contribution is -2.34. The molecule has 1 aliphatic rings. The third-order valence-corrected chi connectivity index (χ3v) is 6.15. The number of ether oxygens (including phenoxy) is 1. The van der Waals surface area contributed by atoms with Gasteiger partial charge in [-0.3, -0.25) is 0 Å². The van der Waals surface area contributed by atoms with E-state index < -0.39 is 5.60 Å². The second-order valence-electron chi connectivity index (χ2n) is 8.58. The highest BCUT2D eigenvalue weighted by Crippen LogP contribution is 2.41. The van der Waals surface area contributed by atoms with Crippen molar-refractivity contribution in [1.82, 2.24) is 24.8 Å². The maximum absolute atomic E-state index is 12.0. The van der Waals surface area contributed by atoms with Crippen LogP contribution in [0.25, 0.3) is 21.6 Å². The molecule has 1 aliphatic carbocycles. The van der Waals surface area contributed by atoms with Crippen molar-refractivity contribution in [1.29, 1.82) is 0 Å².